The van der Waals surface area contributed by atoms with Crippen molar-refractivity contribution in [2.75, 3.05) is 4.90 Å². The van der Waals surface area contributed by atoms with Crippen LogP contribution < -0.4 is 4.90 Å². The van der Waals surface area contributed by atoms with Crippen LogP contribution in [-0.4, -0.2) is 0 Å². The zero-order valence-electron chi connectivity index (χ0n) is 34.1. The minimum atomic E-state index is 0.861. The van der Waals surface area contributed by atoms with E-state index in [4.69, 9.17) is 4.42 Å². The van der Waals surface area contributed by atoms with Crippen LogP contribution in [0, 0.1) is 0 Å². The number of nitrogens with zero attached hydrogens (tertiary/aromatic N) is 1. The molecule has 0 N–H and O–H groups in total. The maximum atomic E-state index is 6.52. The summed E-state index contributed by atoms with van der Waals surface area (Å²) in [6.07, 6.45) is 0. The number of hydrogen-bond donors (Lipinski definition) is 0. The van der Waals surface area contributed by atoms with Crippen molar-refractivity contribution in [2.24, 2.45) is 0 Å². The van der Waals surface area contributed by atoms with Gasteiger partial charge in [0.2, 0.25) is 0 Å². The molecule has 0 unspecified atom stereocenters. The molecule has 0 aliphatic rings. The first-order valence-electron chi connectivity index (χ1n) is 21.5. The molecule has 13 aromatic rings. The number of fused-ring (bicyclic) bond motifs is 16. The average Bonchev–Trinajstić information content (AvgIpc) is 3.92. The summed E-state index contributed by atoms with van der Waals surface area (Å²) in [6.45, 7) is 0. The molecule has 63 heavy (non-hydrogen) atoms. The van der Waals surface area contributed by atoms with Gasteiger partial charge in [0.15, 0.2) is 0 Å². The first-order valence-corrected chi connectivity index (χ1v) is 22.3. The van der Waals surface area contributed by atoms with E-state index in [1.807, 2.05) is 17.4 Å². The second-order valence-corrected chi connectivity index (χ2v) is 17.4. The lowest BCUT2D eigenvalue weighted by Gasteiger charge is -2.27. The van der Waals surface area contributed by atoms with Gasteiger partial charge >= 0.3 is 0 Å². The maximum Gasteiger partial charge on any atom is 0.137 e. The van der Waals surface area contributed by atoms with Crippen LogP contribution >= 0.6 is 11.3 Å². The Bertz CT molecular complexity index is 4030. The van der Waals surface area contributed by atoms with E-state index in [0.717, 1.165) is 39.0 Å². The van der Waals surface area contributed by atoms with Crippen LogP contribution in [0.15, 0.2) is 229 Å². The Morgan fingerprint density at radius 1 is 0.286 bits per heavy atom. The predicted molar refractivity (Wildman–Crippen MR) is 272 cm³/mol. The van der Waals surface area contributed by atoms with Crippen molar-refractivity contribution in [3.8, 4) is 11.1 Å². The molecule has 0 amide bonds. The summed E-state index contributed by atoms with van der Waals surface area (Å²) in [7, 11) is 0. The van der Waals surface area contributed by atoms with Crippen molar-refractivity contribution in [3.63, 3.8) is 0 Å². The lowest BCUT2D eigenvalue weighted by molar-refractivity contribution is 0.669. The minimum absolute atomic E-state index is 0.861. The van der Waals surface area contributed by atoms with Gasteiger partial charge in [-0.25, -0.2) is 0 Å². The molecule has 2 nitrogen and oxygen atoms in total. The Morgan fingerprint density at radius 2 is 0.778 bits per heavy atom. The summed E-state index contributed by atoms with van der Waals surface area (Å²) >= 11 is 1.88. The van der Waals surface area contributed by atoms with Gasteiger partial charge < -0.3 is 9.32 Å². The third-order valence-corrected chi connectivity index (χ3v) is 14.0. The van der Waals surface area contributed by atoms with E-state index in [2.05, 4.69) is 223 Å². The van der Waals surface area contributed by atoms with Crippen LogP contribution in [0.3, 0.4) is 0 Å². The fourth-order valence-corrected chi connectivity index (χ4v) is 11.1. The van der Waals surface area contributed by atoms with Crippen LogP contribution in [0.4, 0.5) is 17.1 Å². The van der Waals surface area contributed by atoms with Crippen molar-refractivity contribution in [1.82, 2.24) is 0 Å². The quantitative estimate of drug-likeness (QED) is 0.176. The fraction of sp³-hybridized carbons (Fsp3) is 0. The Hall–Kier alpha value is -7.98. The van der Waals surface area contributed by atoms with Crippen LogP contribution in [0.25, 0.3) is 107 Å². The third kappa shape index (κ3) is 5.71. The van der Waals surface area contributed by atoms with Crippen molar-refractivity contribution < 1.29 is 4.42 Å². The number of furan rings is 1. The highest BCUT2D eigenvalue weighted by molar-refractivity contribution is 7.25. The molecule has 11 aromatic carbocycles. The Morgan fingerprint density at radius 3 is 1.46 bits per heavy atom. The molecule has 2 aromatic heterocycles. The van der Waals surface area contributed by atoms with E-state index in [9.17, 15) is 0 Å². The number of thiophene rings is 1. The molecule has 0 saturated heterocycles. The van der Waals surface area contributed by atoms with Crippen LogP contribution in [0.2, 0.25) is 0 Å². The average molecular weight is 820 g/mol. The summed E-state index contributed by atoms with van der Waals surface area (Å²) < 4.78 is 9.11. The first kappa shape index (κ1) is 35.7. The smallest absolute Gasteiger partial charge is 0.137 e. The SMILES string of the molecule is c1ccc(-c2ccc(N(c3ccc4c(c3)c3ccccc3c3ccccc3c3ccccc3c3cc5sc6ccccc6c5cc43)c3cccc4oc5ccccc5c34)cc2)cc1. The molecule has 0 aliphatic heterocycles. The van der Waals surface area contributed by atoms with Gasteiger partial charge in [-0.1, -0.05) is 164 Å². The molecular weight excluding hydrogens is 783 g/mol. The lowest BCUT2D eigenvalue weighted by atomic mass is 9.93. The fourth-order valence-electron chi connectivity index (χ4n) is 10.0. The predicted octanol–water partition coefficient (Wildman–Crippen LogP) is 18.0. The maximum absolute atomic E-state index is 6.52. The molecule has 0 atom stereocenters. The molecule has 0 radical (unpaired) electrons. The topological polar surface area (TPSA) is 16.4 Å². The summed E-state index contributed by atoms with van der Waals surface area (Å²) in [4.78, 5) is 2.42. The zero-order chi connectivity index (χ0) is 41.4. The number of para-hydroxylation sites is 1. The van der Waals surface area contributed by atoms with Crippen molar-refractivity contribution in [1.29, 1.82) is 0 Å². The molecule has 0 aliphatic carbocycles. The van der Waals surface area contributed by atoms with Gasteiger partial charge in [0.05, 0.1) is 11.1 Å². The number of anilines is 3. The highest BCUT2D eigenvalue weighted by atomic mass is 32.1. The molecule has 13 rings (SSSR count). The second-order valence-electron chi connectivity index (χ2n) is 16.4. The summed E-state index contributed by atoms with van der Waals surface area (Å²) in [5.74, 6) is 0. The Balaban J connectivity index is 1.20. The van der Waals surface area contributed by atoms with Crippen LogP contribution in [-0.2, 0) is 0 Å². The van der Waals surface area contributed by atoms with Crippen molar-refractivity contribution >= 4 is 124 Å². The Kier molecular flexibility index (Phi) is 8.12. The summed E-state index contributed by atoms with van der Waals surface area (Å²) in [5.41, 5.74) is 7.28. The second kappa shape index (κ2) is 14.3. The van der Waals surface area contributed by atoms with Gasteiger partial charge in [0.1, 0.15) is 11.2 Å². The first-order chi connectivity index (χ1) is 31.2. The normalized spacial score (nSPS) is 11.8. The van der Waals surface area contributed by atoms with E-state index in [1.54, 1.807) is 0 Å². The molecule has 0 bridgehead atoms. The number of rotatable bonds is 4. The lowest BCUT2D eigenvalue weighted by Crippen LogP contribution is -2.10. The summed E-state index contributed by atoms with van der Waals surface area (Å²) in [5, 5.41) is 16.9. The monoisotopic (exact) mass is 819 g/mol. The molecule has 0 spiro atoms. The standard InChI is InChI=1S/C60H37NOS/c1-2-15-38(16-3-1)39-29-31-40(32-30-39)61(55-25-14-27-57-60(55)50-24-10-12-26-56(50)62-57)41-33-34-48-51(35-41)46-21-8-6-19-44(46)42-17-4-5-18-43(42)45-20-7-9-22-47(45)53-37-59-54(36-52(48)53)49-23-11-13-28-58(49)63-59/h1-37H. The molecular formula is C60H37NOS. The minimum Gasteiger partial charge on any atom is -0.456 e. The largest absolute Gasteiger partial charge is 0.456 e. The van der Waals surface area contributed by atoms with E-state index in [0.29, 0.717) is 0 Å². The van der Waals surface area contributed by atoms with Gasteiger partial charge in [-0.05, 0) is 126 Å². The number of hydrogen-bond acceptors (Lipinski definition) is 3. The van der Waals surface area contributed by atoms with Gasteiger partial charge in [0, 0.05) is 36.9 Å². The van der Waals surface area contributed by atoms with E-state index >= 15 is 0 Å². The van der Waals surface area contributed by atoms with Gasteiger partial charge in [-0.2, -0.15) is 0 Å². The zero-order valence-corrected chi connectivity index (χ0v) is 34.9. The molecule has 294 valence electrons. The van der Waals surface area contributed by atoms with Crippen LogP contribution in [0.5, 0.6) is 0 Å². The number of benzene rings is 10. The van der Waals surface area contributed by atoms with Crippen molar-refractivity contribution in [3.05, 3.63) is 224 Å². The third-order valence-electron chi connectivity index (χ3n) is 12.9. The molecule has 3 heteroatoms. The van der Waals surface area contributed by atoms with Gasteiger partial charge in [-0.15, -0.1) is 11.3 Å². The molecule has 0 saturated carbocycles. The Labute approximate surface area is 367 Å². The summed E-state index contributed by atoms with van der Waals surface area (Å²) in [6, 6.07) is 82.1. The van der Waals surface area contributed by atoms with E-state index < -0.39 is 0 Å². The molecule has 0 fully saturated rings. The van der Waals surface area contributed by atoms with Crippen molar-refractivity contribution in [2.45, 2.75) is 0 Å². The highest BCUT2D eigenvalue weighted by Gasteiger charge is 2.21. The van der Waals surface area contributed by atoms with Gasteiger partial charge in [0.25, 0.3) is 0 Å². The molecule has 2 heterocycles. The highest BCUT2D eigenvalue weighted by Crippen LogP contribution is 2.46. The van der Waals surface area contributed by atoms with E-state index in [1.165, 1.54) is 85.2 Å². The van der Waals surface area contributed by atoms with E-state index in [-0.39, 0.29) is 0 Å². The van der Waals surface area contributed by atoms with Crippen LogP contribution in [0.1, 0.15) is 0 Å². The van der Waals surface area contributed by atoms with Gasteiger partial charge in [-0.3, -0.25) is 0 Å².